The molecule has 3 aromatic carbocycles. The Balaban J connectivity index is 2.01. The number of benzene rings is 3. The highest BCUT2D eigenvalue weighted by Gasteiger charge is 2.23. The average molecular weight is 571 g/mol. The van der Waals surface area contributed by atoms with Gasteiger partial charge in [-0.05, 0) is 58.9 Å². The van der Waals surface area contributed by atoms with Crippen LogP contribution in [0.5, 0.6) is 5.75 Å². The fourth-order valence-electron chi connectivity index (χ4n) is 3.71. The number of carbonyl (C=O) groups is 1. The molecule has 2 amide bonds. The molecule has 0 unspecified atom stereocenters. The summed E-state index contributed by atoms with van der Waals surface area (Å²) in [4.78, 5) is 16.1. The van der Waals surface area contributed by atoms with Crippen molar-refractivity contribution >= 4 is 37.5 Å². The molecule has 0 saturated heterocycles. The second-order valence-corrected chi connectivity index (χ2v) is 11.2. The highest BCUT2D eigenvalue weighted by atomic mass is 32.2. The highest BCUT2D eigenvalue weighted by Crippen LogP contribution is 2.31. The summed E-state index contributed by atoms with van der Waals surface area (Å²) in [7, 11) is -9.20. The Bertz CT molecular complexity index is 1710. The Hall–Kier alpha value is -4.75. The zero-order chi connectivity index (χ0) is 28.6. The van der Waals surface area contributed by atoms with Crippen molar-refractivity contribution < 1.29 is 26.7 Å². The molecule has 0 saturated carbocycles. The molecule has 16 heteroatoms. The molecule has 3 N–H and O–H groups in total. The number of nitrogens with zero attached hydrogens (tertiary/aromatic N) is 6. The van der Waals surface area contributed by atoms with Gasteiger partial charge in [0.15, 0.2) is 0 Å². The third-order valence-corrected chi connectivity index (χ3v) is 7.68. The van der Waals surface area contributed by atoms with Crippen molar-refractivity contribution in [1.82, 2.24) is 0 Å². The lowest BCUT2D eigenvalue weighted by Crippen LogP contribution is -2.21. The van der Waals surface area contributed by atoms with Crippen molar-refractivity contribution in [2.24, 2.45) is 9.04 Å². The lowest BCUT2D eigenvalue weighted by molar-refractivity contribution is 0.262. The zero-order valence-corrected chi connectivity index (χ0v) is 22.0. The Morgan fingerprint density at radius 2 is 1.54 bits per heavy atom. The number of phenols is 1. The highest BCUT2D eigenvalue weighted by molar-refractivity contribution is 7.90. The van der Waals surface area contributed by atoms with Crippen LogP contribution in [0.3, 0.4) is 0 Å². The van der Waals surface area contributed by atoms with E-state index in [0.717, 1.165) is 23.8 Å². The van der Waals surface area contributed by atoms with Crippen LogP contribution in [0.15, 0.2) is 79.5 Å². The number of amides is 2. The maximum absolute atomic E-state index is 12.9. The molecule has 14 nitrogen and oxygen atoms in total. The van der Waals surface area contributed by atoms with Crippen LogP contribution >= 0.6 is 0 Å². The summed E-state index contributed by atoms with van der Waals surface area (Å²) < 4.78 is 54.5. The Labute approximate surface area is 223 Å². The van der Waals surface area contributed by atoms with Gasteiger partial charge >= 0.3 is 6.03 Å². The van der Waals surface area contributed by atoms with E-state index in [1.165, 1.54) is 0 Å². The molecule has 0 aliphatic rings. The minimum absolute atomic E-state index is 0.0883. The van der Waals surface area contributed by atoms with Gasteiger partial charge in [-0.15, -0.1) is 0 Å². The normalized spacial score (nSPS) is 11.1. The number of hydrogen-bond acceptors (Lipinski definition) is 6. The van der Waals surface area contributed by atoms with Crippen molar-refractivity contribution in [3.8, 4) is 5.75 Å². The number of hydrogen-bond donors (Lipinski definition) is 3. The van der Waals surface area contributed by atoms with E-state index >= 15 is 0 Å². The third kappa shape index (κ3) is 7.18. The molecular weight excluding hydrogens is 548 g/mol. The molecule has 39 heavy (non-hydrogen) atoms. The second-order valence-electron chi connectivity index (χ2n) is 8.08. The van der Waals surface area contributed by atoms with Gasteiger partial charge in [0.25, 0.3) is 20.0 Å². The molecule has 0 spiro atoms. The molecule has 0 radical (unpaired) electrons. The maximum Gasteiger partial charge on any atom is 0.323 e. The van der Waals surface area contributed by atoms with Gasteiger partial charge in [0.1, 0.15) is 5.75 Å². The summed E-state index contributed by atoms with van der Waals surface area (Å²) in [5.74, 6) is 0.0883. The van der Waals surface area contributed by atoms with Gasteiger partial charge in [-0.25, -0.2) is 21.6 Å². The number of aromatic hydroxyl groups is 1. The molecule has 0 atom stereocenters. The smallest absolute Gasteiger partial charge is 0.323 e. The van der Waals surface area contributed by atoms with Crippen molar-refractivity contribution in [1.29, 1.82) is 0 Å². The van der Waals surface area contributed by atoms with E-state index in [2.05, 4.69) is 29.5 Å². The van der Waals surface area contributed by atoms with Gasteiger partial charge in [-0.3, -0.25) is 0 Å². The molecule has 0 heterocycles. The minimum atomic E-state index is -4.66. The van der Waals surface area contributed by atoms with E-state index in [1.54, 1.807) is 12.1 Å². The molecule has 3 aromatic rings. The first-order valence-electron chi connectivity index (χ1n) is 11.2. The van der Waals surface area contributed by atoms with Crippen molar-refractivity contribution in [3.05, 3.63) is 98.2 Å². The molecule has 0 aliphatic heterocycles. The Morgan fingerprint density at radius 3 is 2.18 bits per heavy atom. The van der Waals surface area contributed by atoms with E-state index in [1.807, 2.05) is 37.3 Å². The fourth-order valence-corrected chi connectivity index (χ4v) is 5.22. The first-order valence-corrected chi connectivity index (χ1v) is 14.1. The predicted octanol–water partition coefficient (Wildman–Crippen LogP) is 5.58. The topological polar surface area (TPSA) is 227 Å². The first-order chi connectivity index (χ1) is 18.5. The maximum atomic E-state index is 12.9. The number of rotatable bonds is 10. The van der Waals surface area contributed by atoms with E-state index < -0.39 is 41.6 Å². The van der Waals surface area contributed by atoms with Crippen molar-refractivity contribution in [2.75, 3.05) is 10.6 Å². The number of nitrogens with one attached hydrogen (secondary N) is 2. The summed E-state index contributed by atoms with van der Waals surface area (Å²) in [6.07, 6.45) is 1.59. The van der Waals surface area contributed by atoms with Crippen LogP contribution in [0, 0.1) is 0 Å². The Kier molecular flexibility index (Phi) is 9.01. The van der Waals surface area contributed by atoms with Crippen LogP contribution < -0.4 is 10.6 Å². The summed E-state index contributed by atoms with van der Waals surface area (Å²) in [6, 6.07) is 13.8. The van der Waals surface area contributed by atoms with Gasteiger partial charge in [-0.1, -0.05) is 43.7 Å². The largest absolute Gasteiger partial charge is 0.507 e. The van der Waals surface area contributed by atoms with Crippen LogP contribution in [-0.2, 0) is 32.9 Å². The summed E-state index contributed by atoms with van der Waals surface area (Å²) >= 11 is 0. The van der Waals surface area contributed by atoms with Gasteiger partial charge in [0.05, 0.1) is 15.5 Å². The number of aryl methyl sites for hydroxylation is 1. The predicted molar refractivity (Wildman–Crippen MR) is 143 cm³/mol. The van der Waals surface area contributed by atoms with E-state index in [4.69, 9.17) is 11.1 Å². The van der Waals surface area contributed by atoms with Crippen LogP contribution in [-0.4, -0.2) is 28.0 Å². The lowest BCUT2D eigenvalue weighted by atomic mass is 9.98. The quantitative estimate of drug-likeness (QED) is 0.122. The zero-order valence-electron chi connectivity index (χ0n) is 20.4. The van der Waals surface area contributed by atoms with Gasteiger partial charge in [-0.2, -0.15) is 0 Å². The molecule has 3 rings (SSSR count). The monoisotopic (exact) mass is 570 g/mol. The fraction of sp³-hybridized carbons (Fsp3) is 0.174. The van der Waals surface area contributed by atoms with Gasteiger partial charge in [0, 0.05) is 36.5 Å². The average Bonchev–Trinajstić information content (AvgIpc) is 2.87. The number of sulfonamides is 2. The molecule has 0 aromatic heterocycles. The van der Waals surface area contributed by atoms with Crippen molar-refractivity contribution in [2.45, 2.75) is 36.0 Å². The molecule has 0 fully saturated rings. The van der Waals surface area contributed by atoms with E-state index in [9.17, 15) is 26.7 Å². The number of azide groups is 2. The van der Waals surface area contributed by atoms with Gasteiger partial charge < -0.3 is 15.7 Å². The molecule has 0 bridgehead atoms. The summed E-state index contributed by atoms with van der Waals surface area (Å²) in [5, 5.41) is 15.6. The van der Waals surface area contributed by atoms with E-state index in [0.29, 0.717) is 30.4 Å². The van der Waals surface area contributed by atoms with E-state index in [-0.39, 0.29) is 11.4 Å². The first kappa shape index (κ1) is 28.8. The summed E-state index contributed by atoms with van der Waals surface area (Å²) in [6.45, 7) is 1.92. The molecule has 202 valence electrons. The van der Waals surface area contributed by atoms with Crippen LogP contribution in [0.25, 0.3) is 20.9 Å². The summed E-state index contributed by atoms with van der Waals surface area (Å²) in [5.41, 5.74) is 18.9. The third-order valence-electron chi connectivity index (χ3n) is 5.35. The number of anilines is 2. The minimum Gasteiger partial charge on any atom is -0.507 e. The number of phenolic OH excluding ortho intramolecular Hbond substituents is 1. The van der Waals surface area contributed by atoms with Crippen LogP contribution in [0.4, 0.5) is 16.2 Å². The SMILES string of the molecule is CCCc1cc(NC(=O)Nc2cc(S(=O)(=O)N=[N+]=[N-])ccc2S(=O)(=O)N=[N+]=[N-])cc(Cc2ccccc2)c1O. The molecular formula is C23H22N8O6S2. The van der Waals surface area contributed by atoms with Crippen LogP contribution in [0.1, 0.15) is 30.0 Å². The van der Waals surface area contributed by atoms with Crippen LogP contribution in [0.2, 0.25) is 0 Å². The van der Waals surface area contributed by atoms with Gasteiger partial charge in [0.2, 0.25) is 0 Å². The lowest BCUT2D eigenvalue weighted by Gasteiger charge is -2.15. The standard InChI is InChI=1S/C23H22N8O6S2/c1-2-6-16-12-18(13-17(22(16)32)11-15-7-4-3-5-8-15)26-23(33)27-20-14-19(38(34,35)30-28-24)9-10-21(20)39(36,37)31-29-25/h3-5,7-10,12-14,32H,2,6,11H2,1H3,(H2,26,27,33). The van der Waals surface area contributed by atoms with Crippen molar-refractivity contribution in [3.63, 3.8) is 0 Å². The Morgan fingerprint density at radius 1 is 0.897 bits per heavy atom. The number of carbonyl (C=O) groups excluding carboxylic acids is 1. The number of urea groups is 1. The second kappa shape index (κ2) is 12.2. The molecule has 0 aliphatic carbocycles.